The Morgan fingerprint density at radius 2 is 1.61 bits per heavy atom. The molecule has 0 aliphatic carbocycles. The van der Waals surface area contributed by atoms with Crippen LogP contribution in [-0.4, -0.2) is 39.1 Å². The van der Waals surface area contributed by atoms with Gasteiger partial charge in [-0.15, -0.1) is 0 Å². The number of amides is 1. The van der Waals surface area contributed by atoms with Crippen LogP contribution in [0.25, 0.3) is 0 Å². The number of aliphatic hydroxyl groups is 1. The highest BCUT2D eigenvalue weighted by Crippen LogP contribution is 2.30. The minimum Gasteiger partial charge on any atom is -0.378 e. The summed E-state index contributed by atoms with van der Waals surface area (Å²) in [5.41, 5.74) is 5.35. The SMILES string of the molecule is C=CC(=O)N1Cc2ccccc2CC1CCCCC(O)N1Cc2ccccc2CC1C(C)C. The maximum atomic E-state index is 12.5. The Morgan fingerprint density at radius 1 is 1.00 bits per heavy atom. The molecule has 3 unspecified atom stereocenters. The maximum Gasteiger partial charge on any atom is 0.246 e. The minimum atomic E-state index is -0.427. The molecule has 0 saturated carbocycles. The van der Waals surface area contributed by atoms with Crippen LogP contribution in [0.2, 0.25) is 0 Å². The van der Waals surface area contributed by atoms with E-state index in [2.05, 4.69) is 67.8 Å². The highest BCUT2D eigenvalue weighted by molar-refractivity contribution is 5.87. The van der Waals surface area contributed by atoms with E-state index < -0.39 is 6.23 Å². The zero-order chi connectivity index (χ0) is 23.4. The van der Waals surface area contributed by atoms with Gasteiger partial charge in [0.1, 0.15) is 6.23 Å². The van der Waals surface area contributed by atoms with Crippen molar-refractivity contribution in [3.05, 3.63) is 83.4 Å². The molecule has 0 bridgehead atoms. The minimum absolute atomic E-state index is 0.0151. The van der Waals surface area contributed by atoms with Crippen LogP contribution in [0.3, 0.4) is 0 Å². The highest BCUT2D eigenvalue weighted by atomic mass is 16.3. The Balaban J connectivity index is 1.34. The third-order valence-corrected chi connectivity index (χ3v) is 7.54. The molecule has 0 radical (unpaired) electrons. The van der Waals surface area contributed by atoms with E-state index in [1.807, 2.05) is 11.0 Å². The van der Waals surface area contributed by atoms with E-state index in [-0.39, 0.29) is 11.9 Å². The number of hydrogen-bond donors (Lipinski definition) is 1. The Hall–Kier alpha value is -2.43. The number of benzene rings is 2. The summed E-state index contributed by atoms with van der Waals surface area (Å²) in [6.07, 6.45) is 6.59. The molecule has 4 heteroatoms. The van der Waals surface area contributed by atoms with Gasteiger partial charge in [0.25, 0.3) is 0 Å². The standard InChI is InChI=1S/C29H38N2O2/c1-4-28(32)30-19-24-13-7-5-11-22(24)17-26(30)15-9-10-16-29(33)31-20-25-14-8-6-12-23(25)18-27(31)21(2)3/h4-8,11-14,21,26-27,29,33H,1,9-10,15-20H2,2-3H3. The predicted octanol–water partition coefficient (Wildman–Crippen LogP) is 5.09. The number of rotatable bonds is 8. The first-order chi connectivity index (χ1) is 16.0. The fraction of sp³-hybridized carbons (Fsp3) is 0.483. The first-order valence-corrected chi connectivity index (χ1v) is 12.5. The Kier molecular flexibility index (Phi) is 7.67. The Morgan fingerprint density at radius 3 is 2.24 bits per heavy atom. The molecule has 2 heterocycles. The van der Waals surface area contributed by atoms with Crippen LogP contribution >= 0.6 is 0 Å². The average Bonchev–Trinajstić information content (AvgIpc) is 2.84. The van der Waals surface area contributed by atoms with Crippen LogP contribution in [0.5, 0.6) is 0 Å². The van der Waals surface area contributed by atoms with Gasteiger partial charge in [-0.2, -0.15) is 0 Å². The lowest BCUT2D eigenvalue weighted by Crippen LogP contribution is -2.49. The molecule has 3 atom stereocenters. The molecule has 2 aliphatic heterocycles. The second-order valence-electron chi connectivity index (χ2n) is 10.0. The number of hydrogen-bond acceptors (Lipinski definition) is 3. The molecular weight excluding hydrogens is 408 g/mol. The maximum absolute atomic E-state index is 12.5. The van der Waals surface area contributed by atoms with Gasteiger partial charge in [0.2, 0.25) is 5.91 Å². The van der Waals surface area contributed by atoms with Crippen molar-refractivity contribution in [1.82, 2.24) is 9.80 Å². The number of unbranched alkanes of at least 4 members (excludes halogenated alkanes) is 1. The molecule has 2 aromatic carbocycles. The number of aliphatic hydroxyl groups excluding tert-OH is 1. The molecule has 0 fully saturated rings. The van der Waals surface area contributed by atoms with Crippen LogP contribution in [0, 0.1) is 5.92 Å². The molecule has 33 heavy (non-hydrogen) atoms. The van der Waals surface area contributed by atoms with Crippen molar-refractivity contribution in [1.29, 1.82) is 0 Å². The van der Waals surface area contributed by atoms with Crippen LogP contribution in [-0.2, 0) is 30.7 Å². The second-order valence-corrected chi connectivity index (χ2v) is 10.0. The van der Waals surface area contributed by atoms with Crippen molar-refractivity contribution >= 4 is 5.91 Å². The molecular formula is C29H38N2O2. The second kappa shape index (κ2) is 10.7. The highest BCUT2D eigenvalue weighted by Gasteiger charge is 2.32. The van der Waals surface area contributed by atoms with Crippen molar-refractivity contribution < 1.29 is 9.90 Å². The summed E-state index contributed by atoms with van der Waals surface area (Å²) in [5, 5.41) is 11.1. The third-order valence-electron chi connectivity index (χ3n) is 7.54. The predicted molar refractivity (Wildman–Crippen MR) is 133 cm³/mol. The fourth-order valence-corrected chi connectivity index (χ4v) is 5.61. The molecule has 0 aromatic heterocycles. The molecule has 2 aromatic rings. The summed E-state index contributed by atoms with van der Waals surface area (Å²) < 4.78 is 0. The van der Waals surface area contributed by atoms with Crippen LogP contribution in [0.4, 0.5) is 0 Å². The van der Waals surface area contributed by atoms with Gasteiger partial charge in [0.05, 0.1) is 0 Å². The summed E-state index contributed by atoms with van der Waals surface area (Å²) >= 11 is 0. The lowest BCUT2D eigenvalue weighted by molar-refractivity contribution is -0.129. The lowest BCUT2D eigenvalue weighted by Gasteiger charge is -2.42. The number of nitrogens with zero attached hydrogens (tertiary/aromatic N) is 2. The van der Waals surface area contributed by atoms with E-state index >= 15 is 0 Å². The lowest BCUT2D eigenvalue weighted by atomic mass is 9.87. The molecule has 4 rings (SSSR count). The van der Waals surface area contributed by atoms with E-state index in [0.717, 1.165) is 45.1 Å². The number of carbonyl (C=O) groups excluding carboxylic acids is 1. The fourth-order valence-electron chi connectivity index (χ4n) is 5.61. The number of fused-ring (bicyclic) bond motifs is 2. The van der Waals surface area contributed by atoms with Crippen molar-refractivity contribution in [2.75, 3.05) is 0 Å². The van der Waals surface area contributed by atoms with Gasteiger partial charge in [-0.25, -0.2) is 0 Å². The first-order valence-electron chi connectivity index (χ1n) is 12.5. The summed E-state index contributed by atoms with van der Waals surface area (Å²) in [7, 11) is 0. The normalized spacial score (nSPS) is 21.4. The van der Waals surface area contributed by atoms with Crippen LogP contribution in [0.1, 0.15) is 61.8 Å². The van der Waals surface area contributed by atoms with Crippen molar-refractivity contribution in [3.8, 4) is 0 Å². The van der Waals surface area contributed by atoms with E-state index in [9.17, 15) is 9.90 Å². The Bertz CT molecular complexity index is 970. The number of carbonyl (C=O) groups is 1. The zero-order valence-electron chi connectivity index (χ0n) is 20.1. The molecule has 2 aliphatic rings. The average molecular weight is 447 g/mol. The van der Waals surface area contributed by atoms with Gasteiger partial charge in [-0.3, -0.25) is 9.69 Å². The summed E-state index contributed by atoms with van der Waals surface area (Å²) in [6.45, 7) is 9.70. The third kappa shape index (κ3) is 5.39. The first kappa shape index (κ1) is 23.7. The Labute approximate surface area is 198 Å². The van der Waals surface area contributed by atoms with Gasteiger partial charge in [0.15, 0.2) is 0 Å². The van der Waals surface area contributed by atoms with Gasteiger partial charge in [0, 0.05) is 25.2 Å². The van der Waals surface area contributed by atoms with E-state index in [4.69, 9.17) is 0 Å². The largest absolute Gasteiger partial charge is 0.378 e. The topological polar surface area (TPSA) is 43.8 Å². The molecule has 4 nitrogen and oxygen atoms in total. The van der Waals surface area contributed by atoms with Crippen LogP contribution in [0.15, 0.2) is 61.2 Å². The summed E-state index contributed by atoms with van der Waals surface area (Å²) in [4.78, 5) is 16.8. The summed E-state index contributed by atoms with van der Waals surface area (Å²) in [6, 6.07) is 17.6. The van der Waals surface area contributed by atoms with Gasteiger partial charge in [-0.05, 0) is 66.4 Å². The van der Waals surface area contributed by atoms with Crippen molar-refractivity contribution in [3.63, 3.8) is 0 Å². The molecule has 1 N–H and O–H groups in total. The molecule has 176 valence electrons. The van der Waals surface area contributed by atoms with Crippen molar-refractivity contribution in [2.24, 2.45) is 5.92 Å². The van der Waals surface area contributed by atoms with E-state index in [1.165, 1.54) is 28.3 Å². The quantitative estimate of drug-likeness (QED) is 0.454. The zero-order valence-corrected chi connectivity index (χ0v) is 20.1. The van der Waals surface area contributed by atoms with E-state index in [0.29, 0.717) is 18.5 Å². The smallest absolute Gasteiger partial charge is 0.246 e. The van der Waals surface area contributed by atoms with E-state index in [1.54, 1.807) is 0 Å². The molecule has 0 spiro atoms. The summed E-state index contributed by atoms with van der Waals surface area (Å²) in [5.74, 6) is 0.509. The van der Waals surface area contributed by atoms with Gasteiger partial charge < -0.3 is 10.0 Å². The monoisotopic (exact) mass is 446 g/mol. The molecule has 1 amide bonds. The van der Waals surface area contributed by atoms with Crippen LogP contribution < -0.4 is 0 Å². The van der Waals surface area contributed by atoms with Crippen molar-refractivity contribution in [2.45, 2.75) is 83.8 Å². The van der Waals surface area contributed by atoms with Gasteiger partial charge in [-0.1, -0.05) is 75.4 Å². The molecule has 0 saturated heterocycles. The van der Waals surface area contributed by atoms with Gasteiger partial charge >= 0.3 is 0 Å².